The van der Waals surface area contributed by atoms with Gasteiger partial charge in [-0.1, -0.05) is 41.7 Å². The zero-order chi connectivity index (χ0) is 25.4. The molecule has 0 aliphatic carbocycles. The zero-order valence-electron chi connectivity index (χ0n) is 20.4. The number of hydrogen-bond acceptors (Lipinski definition) is 6. The van der Waals surface area contributed by atoms with E-state index < -0.39 is 6.04 Å². The zero-order valence-corrected chi connectivity index (χ0v) is 21.2. The van der Waals surface area contributed by atoms with Crippen molar-refractivity contribution < 1.29 is 9.53 Å². The Morgan fingerprint density at radius 3 is 2.56 bits per heavy atom. The Balaban J connectivity index is 1.67. The van der Waals surface area contributed by atoms with Crippen LogP contribution in [-0.4, -0.2) is 27.4 Å². The summed E-state index contributed by atoms with van der Waals surface area (Å²) in [6.45, 7) is 3.74. The summed E-state index contributed by atoms with van der Waals surface area (Å²) >= 11 is 1.30. The van der Waals surface area contributed by atoms with Gasteiger partial charge in [-0.15, -0.1) is 0 Å². The van der Waals surface area contributed by atoms with E-state index in [4.69, 9.17) is 4.74 Å². The number of benzene rings is 2. The molecule has 2 aromatic carbocycles. The average molecular weight is 500 g/mol. The van der Waals surface area contributed by atoms with E-state index in [2.05, 4.69) is 15.4 Å². The highest BCUT2D eigenvalue weighted by molar-refractivity contribution is 7.07. The number of ether oxygens (including phenoxy) is 1. The molecule has 0 radical (unpaired) electrons. The summed E-state index contributed by atoms with van der Waals surface area (Å²) in [6.07, 6.45) is 5.34. The largest absolute Gasteiger partial charge is 0.497 e. The van der Waals surface area contributed by atoms with E-state index in [1.54, 1.807) is 28.6 Å². The molecule has 2 aromatic heterocycles. The van der Waals surface area contributed by atoms with Crippen LogP contribution in [0.3, 0.4) is 0 Å². The van der Waals surface area contributed by atoms with Crippen molar-refractivity contribution in [3.05, 3.63) is 109 Å². The minimum absolute atomic E-state index is 0.211. The highest BCUT2D eigenvalue weighted by Gasteiger charge is 2.32. The third kappa shape index (κ3) is 4.29. The third-order valence-corrected chi connectivity index (χ3v) is 7.10. The number of aromatic nitrogens is 3. The van der Waals surface area contributed by atoms with Crippen LogP contribution in [0.5, 0.6) is 5.75 Å². The van der Waals surface area contributed by atoms with Crippen LogP contribution in [0.25, 0.3) is 6.08 Å². The van der Waals surface area contributed by atoms with Crippen molar-refractivity contribution in [1.82, 2.24) is 14.3 Å². The van der Waals surface area contributed by atoms with E-state index >= 15 is 0 Å². The number of carbonyl (C=O) groups is 1. The molecule has 0 spiro atoms. The smallest absolute Gasteiger partial charge is 0.271 e. The maximum absolute atomic E-state index is 13.7. The average Bonchev–Trinajstić information content (AvgIpc) is 3.41. The van der Waals surface area contributed by atoms with Gasteiger partial charge in [0.25, 0.3) is 11.5 Å². The number of anilines is 1. The van der Waals surface area contributed by atoms with Gasteiger partial charge in [-0.3, -0.25) is 18.8 Å². The minimum Gasteiger partial charge on any atom is -0.497 e. The molecule has 36 heavy (non-hydrogen) atoms. The van der Waals surface area contributed by atoms with Crippen molar-refractivity contribution in [2.75, 3.05) is 12.4 Å². The molecule has 1 atom stereocenters. The van der Waals surface area contributed by atoms with Crippen LogP contribution in [0.4, 0.5) is 5.69 Å². The molecule has 8 nitrogen and oxygen atoms in total. The molecule has 1 amide bonds. The lowest BCUT2D eigenvalue weighted by molar-refractivity contribution is -0.113. The van der Waals surface area contributed by atoms with Crippen LogP contribution in [0.15, 0.2) is 82.0 Å². The van der Waals surface area contributed by atoms with Crippen molar-refractivity contribution in [2.24, 2.45) is 12.0 Å². The lowest BCUT2D eigenvalue weighted by Crippen LogP contribution is -2.40. The maximum atomic E-state index is 13.7. The fraction of sp³-hybridized carbons (Fsp3) is 0.185. The highest BCUT2D eigenvalue weighted by atomic mass is 32.1. The van der Waals surface area contributed by atoms with E-state index in [1.165, 1.54) is 11.3 Å². The standard InChI is InChI=1S/C27H25N5O3S/c1-16-7-5-6-8-21(16)30-25(33)23-17(2)29-27-32(24(23)19-9-11-20(35-4)12-10-19)26(34)22(36-27)13-18-14-28-31(3)15-18/h5-15,24H,1-4H3,(H,30,33). The molecular formula is C27H25N5O3S. The first kappa shape index (κ1) is 23.5. The Labute approximate surface area is 211 Å². The van der Waals surface area contributed by atoms with Crippen LogP contribution in [-0.2, 0) is 11.8 Å². The quantitative estimate of drug-likeness (QED) is 0.457. The Bertz CT molecular complexity index is 1680. The summed E-state index contributed by atoms with van der Waals surface area (Å²) < 4.78 is 9.13. The molecule has 182 valence electrons. The number of amides is 1. The van der Waals surface area contributed by atoms with E-state index in [-0.39, 0.29) is 11.5 Å². The Hall–Kier alpha value is -4.24. The predicted octanol–water partition coefficient (Wildman–Crippen LogP) is 2.92. The van der Waals surface area contributed by atoms with Gasteiger partial charge in [0.2, 0.25) is 0 Å². The van der Waals surface area contributed by atoms with E-state index in [0.717, 1.165) is 16.7 Å². The number of nitrogens with one attached hydrogen (secondary N) is 1. The number of para-hydroxylation sites is 1. The molecule has 1 aliphatic heterocycles. The van der Waals surface area contributed by atoms with Gasteiger partial charge in [-0.05, 0) is 49.2 Å². The molecular weight excluding hydrogens is 474 g/mol. The number of nitrogens with zero attached hydrogens (tertiary/aromatic N) is 4. The molecule has 1 aliphatic rings. The number of hydrogen-bond donors (Lipinski definition) is 1. The van der Waals surface area contributed by atoms with E-state index in [9.17, 15) is 9.59 Å². The monoisotopic (exact) mass is 499 g/mol. The fourth-order valence-corrected chi connectivity index (χ4v) is 5.33. The number of thiazole rings is 1. The van der Waals surface area contributed by atoms with Gasteiger partial charge in [-0.25, -0.2) is 4.99 Å². The molecule has 0 saturated carbocycles. The van der Waals surface area contributed by atoms with Gasteiger partial charge in [0, 0.05) is 24.5 Å². The molecule has 0 bridgehead atoms. The van der Waals surface area contributed by atoms with Crippen molar-refractivity contribution in [3.63, 3.8) is 0 Å². The molecule has 1 N–H and O–H groups in total. The summed E-state index contributed by atoms with van der Waals surface area (Å²) in [7, 11) is 3.42. The van der Waals surface area contributed by atoms with Gasteiger partial charge in [0.05, 0.1) is 35.2 Å². The Kier molecular flexibility index (Phi) is 6.15. The van der Waals surface area contributed by atoms with Gasteiger partial charge >= 0.3 is 0 Å². The fourth-order valence-electron chi connectivity index (χ4n) is 4.28. The normalized spacial score (nSPS) is 15.4. The first-order chi connectivity index (χ1) is 17.4. The van der Waals surface area contributed by atoms with Gasteiger partial charge in [-0.2, -0.15) is 5.10 Å². The van der Waals surface area contributed by atoms with Crippen LogP contribution in [0.2, 0.25) is 0 Å². The first-order valence-corrected chi connectivity index (χ1v) is 12.2. The second kappa shape index (κ2) is 9.43. The highest BCUT2D eigenvalue weighted by Crippen LogP contribution is 2.32. The van der Waals surface area contributed by atoms with Crippen molar-refractivity contribution >= 4 is 29.0 Å². The third-order valence-electron chi connectivity index (χ3n) is 6.11. The van der Waals surface area contributed by atoms with Crippen LogP contribution < -0.4 is 24.9 Å². The molecule has 4 aromatic rings. The van der Waals surface area contributed by atoms with Crippen LogP contribution in [0, 0.1) is 6.92 Å². The topological polar surface area (TPSA) is 90.5 Å². The number of carbonyl (C=O) groups excluding carboxylic acids is 1. The van der Waals surface area contributed by atoms with Crippen LogP contribution >= 0.6 is 11.3 Å². The van der Waals surface area contributed by atoms with E-state index in [1.807, 2.05) is 75.6 Å². The Morgan fingerprint density at radius 2 is 1.89 bits per heavy atom. The summed E-state index contributed by atoms with van der Waals surface area (Å²) in [5.74, 6) is 0.391. The Morgan fingerprint density at radius 1 is 1.14 bits per heavy atom. The molecule has 5 rings (SSSR count). The molecule has 9 heteroatoms. The van der Waals surface area contributed by atoms with E-state index in [0.29, 0.717) is 32.0 Å². The summed E-state index contributed by atoms with van der Waals surface area (Å²) in [6, 6.07) is 14.3. The number of rotatable bonds is 5. The molecule has 0 saturated heterocycles. The second-order valence-corrected chi connectivity index (χ2v) is 9.58. The maximum Gasteiger partial charge on any atom is 0.271 e. The van der Waals surface area contributed by atoms with Crippen molar-refractivity contribution in [2.45, 2.75) is 19.9 Å². The van der Waals surface area contributed by atoms with Crippen molar-refractivity contribution in [3.8, 4) is 5.75 Å². The molecule has 0 fully saturated rings. The van der Waals surface area contributed by atoms with Crippen LogP contribution in [0.1, 0.15) is 29.7 Å². The second-order valence-electron chi connectivity index (χ2n) is 8.57. The number of aryl methyl sites for hydroxylation is 2. The number of fused-ring (bicyclic) bond motifs is 1. The lowest BCUT2D eigenvalue weighted by Gasteiger charge is -2.25. The number of allylic oxidation sites excluding steroid dienone is 1. The molecule has 1 unspecified atom stereocenters. The lowest BCUT2D eigenvalue weighted by atomic mass is 9.95. The molecule has 3 heterocycles. The summed E-state index contributed by atoms with van der Waals surface area (Å²) in [4.78, 5) is 32.6. The SMILES string of the molecule is COc1ccc(C2C(C(=O)Nc3ccccc3C)=C(C)N=c3sc(=Cc4cnn(C)c4)c(=O)n32)cc1. The summed E-state index contributed by atoms with van der Waals surface area (Å²) in [5, 5.41) is 7.20. The predicted molar refractivity (Wildman–Crippen MR) is 140 cm³/mol. The van der Waals surface area contributed by atoms with Crippen molar-refractivity contribution in [1.29, 1.82) is 0 Å². The van der Waals surface area contributed by atoms with Gasteiger partial charge < -0.3 is 10.1 Å². The minimum atomic E-state index is -0.646. The number of methoxy groups -OCH3 is 1. The van der Waals surface area contributed by atoms with Gasteiger partial charge in [0.15, 0.2) is 4.80 Å². The summed E-state index contributed by atoms with van der Waals surface area (Å²) in [5.41, 5.74) is 4.04. The first-order valence-electron chi connectivity index (χ1n) is 11.4. The van der Waals surface area contributed by atoms with Gasteiger partial charge in [0.1, 0.15) is 5.75 Å².